The van der Waals surface area contributed by atoms with Crippen molar-refractivity contribution in [3.8, 4) is 16.9 Å². The van der Waals surface area contributed by atoms with Crippen LogP contribution in [0.2, 0.25) is 0 Å². The van der Waals surface area contributed by atoms with Crippen molar-refractivity contribution in [3.05, 3.63) is 66.5 Å². The van der Waals surface area contributed by atoms with Gasteiger partial charge in [-0.1, -0.05) is 49.6 Å². The Morgan fingerprint density at radius 1 is 0.917 bits per heavy atom. The van der Waals surface area contributed by atoms with Gasteiger partial charge in [0.25, 0.3) is 5.91 Å². The van der Waals surface area contributed by atoms with E-state index in [0.29, 0.717) is 31.9 Å². The van der Waals surface area contributed by atoms with E-state index in [9.17, 15) is 19.5 Å². The summed E-state index contributed by atoms with van der Waals surface area (Å²) in [4.78, 5) is 46.5. The van der Waals surface area contributed by atoms with Gasteiger partial charge >= 0.3 is 6.09 Å². The first kappa shape index (κ1) is 33.4. The van der Waals surface area contributed by atoms with Crippen LogP contribution in [0.15, 0.2) is 60.9 Å². The molecule has 1 aliphatic carbocycles. The zero-order valence-corrected chi connectivity index (χ0v) is 28.1. The van der Waals surface area contributed by atoms with Gasteiger partial charge in [-0.15, -0.1) is 0 Å². The SMILES string of the molecule is CC(C)(Oc1cccc(N2CCC[C@@H](C(=O)N(Cc3ccc(-c4cn[nH]c4)cc3)C3CCCCC3)C2)c1)C(=O)N1CCN(C(=O)O)CC1. The van der Waals surface area contributed by atoms with Gasteiger partial charge in [0.05, 0.1) is 12.1 Å². The van der Waals surface area contributed by atoms with Gasteiger partial charge in [0, 0.05) is 75.4 Å². The number of aromatic amines is 1. The third-order valence-corrected chi connectivity index (χ3v) is 10.1. The maximum absolute atomic E-state index is 14.4. The van der Waals surface area contributed by atoms with E-state index >= 15 is 0 Å². The number of hydrogen-bond donors (Lipinski definition) is 2. The smallest absolute Gasteiger partial charge is 0.407 e. The fraction of sp³-hybridized carbons (Fsp3) is 0.514. The number of ether oxygens (including phenoxy) is 1. The minimum absolute atomic E-state index is 0.0991. The largest absolute Gasteiger partial charge is 0.478 e. The predicted molar refractivity (Wildman–Crippen MR) is 184 cm³/mol. The van der Waals surface area contributed by atoms with Gasteiger partial charge < -0.3 is 29.4 Å². The molecule has 1 aromatic heterocycles. The van der Waals surface area contributed by atoms with E-state index in [2.05, 4.69) is 44.3 Å². The Balaban J connectivity index is 1.12. The van der Waals surface area contributed by atoms with Gasteiger partial charge in [0.15, 0.2) is 5.60 Å². The fourth-order valence-electron chi connectivity index (χ4n) is 7.40. The molecule has 2 N–H and O–H groups in total. The molecule has 0 spiro atoms. The van der Waals surface area contributed by atoms with Gasteiger partial charge in [-0.25, -0.2) is 4.79 Å². The molecule has 11 nitrogen and oxygen atoms in total. The Morgan fingerprint density at radius 2 is 1.65 bits per heavy atom. The third kappa shape index (κ3) is 7.77. The maximum Gasteiger partial charge on any atom is 0.407 e. The third-order valence-electron chi connectivity index (χ3n) is 10.1. The number of carbonyl (C=O) groups is 3. The molecule has 0 radical (unpaired) electrons. The summed E-state index contributed by atoms with van der Waals surface area (Å²) in [6.45, 7) is 6.88. The Labute approximate surface area is 282 Å². The number of amides is 3. The number of piperazine rings is 1. The van der Waals surface area contributed by atoms with Crippen LogP contribution < -0.4 is 9.64 Å². The lowest BCUT2D eigenvalue weighted by Gasteiger charge is -2.40. The number of rotatable bonds is 9. The van der Waals surface area contributed by atoms with Gasteiger partial charge in [0.1, 0.15) is 5.75 Å². The lowest BCUT2D eigenvalue weighted by Crippen LogP contribution is -2.56. The van der Waals surface area contributed by atoms with Gasteiger partial charge in [-0.3, -0.25) is 14.7 Å². The lowest BCUT2D eigenvalue weighted by molar-refractivity contribution is -0.147. The van der Waals surface area contributed by atoms with Crippen LogP contribution in [0.3, 0.4) is 0 Å². The summed E-state index contributed by atoms with van der Waals surface area (Å²) in [6.07, 6.45) is 10.2. The summed E-state index contributed by atoms with van der Waals surface area (Å²) in [5.41, 5.74) is 3.14. The van der Waals surface area contributed by atoms with Crippen LogP contribution in [0.4, 0.5) is 10.5 Å². The van der Waals surface area contributed by atoms with E-state index in [4.69, 9.17) is 4.74 Å². The van der Waals surface area contributed by atoms with Crippen molar-refractivity contribution >= 4 is 23.6 Å². The number of nitrogens with one attached hydrogen (secondary N) is 1. The summed E-state index contributed by atoms with van der Waals surface area (Å²) < 4.78 is 6.28. The van der Waals surface area contributed by atoms with Crippen molar-refractivity contribution in [2.24, 2.45) is 5.92 Å². The highest BCUT2D eigenvalue weighted by Gasteiger charge is 2.37. The molecule has 3 amide bonds. The topological polar surface area (TPSA) is 122 Å². The van der Waals surface area contributed by atoms with E-state index in [1.165, 1.54) is 11.3 Å². The van der Waals surface area contributed by atoms with Gasteiger partial charge in [-0.2, -0.15) is 5.10 Å². The van der Waals surface area contributed by atoms with Crippen molar-refractivity contribution in [2.45, 2.75) is 77.0 Å². The number of benzene rings is 2. The minimum atomic E-state index is -1.12. The molecular formula is C37H48N6O5. The Kier molecular flexibility index (Phi) is 10.2. The molecule has 2 aliphatic heterocycles. The van der Waals surface area contributed by atoms with Crippen molar-refractivity contribution in [1.29, 1.82) is 0 Å². The summed E-state index contributed by atoms with van der Waals surface area (Å²) >= 11 is 0. The summed E-state index contributed by atoms with van der Waals surface area (Å²) in [5.74, 6) is 0.567. The summed E-state index contributed by atoms with van der Waals surface area (Å²) in [6, 6.07) is 16.5. The van der Waals surface area contributed by atoms with Crippen LogP contribution in [-0.2, 0) is 16.1 Å². The average Bonchev–Trinajstić information content (AvgIpc) is 3.66. The molecular weight excluding hydrogens is 608 g/mol. The first-order chi connectivity index (χ1) is 23.2. The second kappa shape index (κ2) is 14.7. The number of carboxylic acid groups (broad SMARTS) is 1. The molecule has 48 heavy (non-hydrogen) atoms. The van der Waals surface area contributed by atoms with Crippen LogP contribution in [0.5, 0.6) is 5.75 Å². The molecule has 6 rings (SSSR count). The van der Waals surface area contributed by atoms with Crippen molar-refractivity contribution in [1.82, 2.24) is 24.9 Å². The standard InChI is InChI=1S/C37H48N6O5/c1-37(2,35(45)40-18-20-41(21-19-40)36(46)47)48-33-12-6-11-32(22-33)42-17-7-8-29(26-42)34(44)43(31-9-4-3-5-10-31)25-27-13-15-28(16-14-27)30-23-38-39-24-30/h6,11-16,22-24,29,31H,3-5,7-10,17-21,25-26H2,1-2H3,(H,38,39)(H,46,47)/t29-/m1/s1. The Bertz CT molecular complexity index is 1540. The normalized spacial score (nSPS) is 19.2. The molecule has 0 bridgehead atoms. The summed E-state index contributed by atoms with van der Waals surface area (Å²) in [7, 11) is 0. The van der Waals surface area contributed by atoms with E-state index in [1.807, 2.05) is 36.7 Å². The molecule has 3 aliphatic rings. The molecule has 1 atom stereocenters. The number of H-pyrrole nitrogens is 1. The van der Waals surface area contributed by atoms with Crippen molar-refractivity contribution in [2.75, 3.05) is 44.2 Å². The first-order valence-electron chi connectivity index (χ1n) is 17.4. The number of anilines is 1. The molecule has 0 unspecified atom stereocenters. The minimum Gasteiger partial charge on any atom is -0.478 e. The zero-order valence-electron chi connectivity index (χ0n) is 28.1. The molecule has 256 valence electrons. The van der Waals surface area contributed by atoms with Crippen LogP contribution in [-0.4, -0.2) is 98.8 Å². The van der Waals surface area contributed by atoms with E-state index in [0.717, 1.165) is 67.4 Å². The number of carbonyl (C=O) groups excluding carboxylic acids is 2. The Hall–Kier alpha value is -4.54. The fourth-order valence-corrected chi connectivity index (χ4v) is 7.40. The molecule has 2 aromatic carbocycles. The first-order valence-corrected chi connectivity index (χ1v) is 17.4. The monoisotopic (exact) mass is 656 g/mol. The predicted octanol–water partition coefficient (Wildman–Crippen LogP) is 5.63. The molecule has 3 fully saturated rings. The second-order valence-electron chi connectivity index (χ2n) is 13.9. The van der Waals surface area contributed by atoms with E-state index in [1.54, 1.807) is 18.7 Å². The molecule has 2 saturated heterocycles. The number of hydrogen-bond acceptors (Lipinski definition) is 6. The summed E-state index contributed by atoms with van der Waals surface area (Å²) in [5, 5.41) is 16.2. The number of piperidine rings is 1. The van der Waals surface area contributed by atoms with Gasteiger partial charge in [0.2, 0.25) is 5.91 Å². The maximum atomic E-state index is 14.4. The number of nitrogens with zero attached hydrogens (tertiary/aromatic N) is 5. The van der Waals surface area contributed by atoms with Crippen LogP contribution in [0.1, 0.15) is 64.4 Å². The van der Waals surface area contributed by atoms with E-state index < -0.39 is 11.7 Å². The highest BCUT2D eigenvalue weighted by molar-refractivity contribution is 5.85. The van der Waals surface area contributed by atoms with E-state index in [-0.39, 0.29) is 36.9 Å². The second-order valence-corrected chi connectivity index (χ2v) is 13.9. The zero-order chi connectivity index (χ0) is 33.7. The lowest BCUT2D eigenvalue weighted by atomic mass is 9.90. The molecule has 11 heteroatoms. The molecule has 3 aromatic rings. The highest BCUT2D eigenvalue weighted by Crippen LogP contribution is 2.32. The Morgan fingerprint density at radius 3 is 2.33 bits per heavy atom. The molecule has 3 heterocycles. The average molecular weight is 657 g/mol. The van der Waals surface area contributed by atoms with Crippen LogP contribution >= 0.6 is 0 Å². The van der Waals surface area contributed by atoms with Gasteiger partial charge in [-0.05, 0) is 62.8 Å². The van der Waals surface area contributed by atoms with Crippen molar-refractivity contribution < 1.29 is 24.2 Å². The van der Waals surface area contributed by atoms with Crippen LogP contribution in [0.25, 0.3) is 11.1 Å². The van der Waals surface area contributed by atoms with Crippen LogP contribution in [0, 0.1) is 5.92 Å². The highest BCUT2D eigenvalue weighted by atomic mass is 16.5. The van der Waals surface area contributed by atoms with Crippen molar-refractivity contribution in [3.63, 3.8) is 0 Å². The quantitative estimate of drug-likeness (QED) is 0.306. The number of aromatic nitrogens is 2. The molecule has 1 saturated carbocycles.